The molecule has 1 saturated heterocycles. The van der Waals surface area contributed by atoms with Gasteiger partial charge in [0.15, 0.2) is 0 Å². The minimum atomic E-state index is -0.281. The van der Waals surface area contributed by atoms with Crippen LogP contribution in [0.5, 0.6) is 5.75 Å². The number of H-pyrrole nitrogens is 1. The molecule has 0 bridgehead atoms. The number of hydrogen-bond donors (Lipinski definition) is 1. The lowest BCUT2D eigenvalue weighted by atomic mass is 10.1. The summed E-state index contributed by atoms with van der Waals surface area (Å²) in [7, 11) is 0. The van der Waals surface area contributed by atoms with Gasteiger partial charge in [0.25, 0.3) is 0 Å². The average molecular weight is 399 g/mol. The fourth-order valence-electron chi connectivity index (χ4n) is 3.36. The Kier molecular flexibility index (Phi) is 6.17. The molecule has 0 amide bonds. The molecule has 7 heteroatoms. The van der Waals surface area contributed by atoms with Crippen molar-refractivity contribution in [3.63, 3.8) is 0 Å². The number of benzene rings is 2. The van der Waals surface area contributed by atoms with Crippen LogP contribution in [0.4, 0.5) is 8.78 Å². The molecule has 1 atom stereocenters. The Balaban J connectivity index is 1.28. The van der Waals surface area contributed by atoms with Gasteiger partial charge in [0.2, 0.25) is 0 Å². The largest absolute Gasteiger partial charge is 0.493 e. The van der Waals surface area contributed by atoms with E-state index in [9.17, 15) is 8.78 Å². The Labute approximate surface area is 168 Å². The van der Waals surface area contributed by atoms with E-state index >= 15 is 0 Å². The summed E-state index contributed by atoms with van der Waals surface area (Å²) < 4.78 is 37.5. The van der Waals surface area contributed by atoms with E-state index in [0.29, 0.717) is 25.4 Å². The molecule has 5 nitrogen and oxygen atoms in total. The molecule has 2 aromatic carbocycles. The third kappa shape index (κ3) is 5.40. The number of aromatic amines is 1. The van der Waals surface area contributed by atoms with Gasteiger partial charge in [-0.1, -0.05) is 12.1 Å². The van der Waals surface area contributed by atoms with E-state index < -0.39 is 0 Å². The molecule has 4 rings (SSSR count). The van der Waals surface area contributed by atoms with Crippen molar-refractivity contribution in [3.05, 3.63) is 83.2 Å². The normalized spacial score (nSPS) is 17.4. The number of rotatable bonds is 7. The summed E-state index contributed by atoms with van der Waals surface area (Å²) in [5.41, 5.74) is 2.90. The Morgan fingerprint density at radius 2 is 1.79 bits per heavy atom. The molecule has 0 unspecified atom stereocenters. The van der Waals surface area contributed by atoms with Crippen molar-refractivity contribution < 1.29 is 18.3 Å². The molecule has 152 valence electrons. The maximum atomic E-state index is 13.1. The van der Waals surface area contributed by atoms with Crippen LogP contribution in [-0.2, 0) is 17.7 Å². The third-order valence-corrected chi connectivity index (χ3v) is 4.90. The third-order valence-electron chi connectivity index (χ3n) is 4.90. The van der Waals surface area contributed by atoms with Crippen LogP contribution >= 0.6 is 0 Å². The lowest BCUT2D eigenvalue weighted by Gasteiger charge is -2.32. The number of hydrogen-bond acceptors (Lipinski definition) is 4. The van der Waals surface area contributed by atoms with Crippen molar-refractivity contribution in [1.82, 2.24) is 15.1 Å². The van der Waals surface area contributed by atoms with E-state index in [1.807, 2.05) is 18.2 Å². The molecule has 2 heterocycles. The summed E-state index contributed by atoms with van der Waals surface area (Å²) in [4.78, 5) is 2.29. The number of nitrogens with one attached hydrogen (secondary N) is 1. The van der Waals surface area contributed by atoms with Crippen molar-refractivity contribution >= 4 is 0 Å². The molecule has 29 heavy (non-hydrogen) atoms. The van der Waals surface area contributed by atoms with Gasteiger partial charge in [-0.25, -0.2) is 8.78 Å². The molecular weight excluding hydrogens is 376 g/mol. The summed E-state index contributed by atoms with van der Waals surface area (Å²) in [6, 6.07) is 14.6. The highest BCUT2D eigenvalue weighted by molar-refractivity contribution is 5.22. The van der Waals surface area contributed by atoms with E-state index in [0.717, 1.165) is 36.6 Å². The van der Waals surface area contributed by atoms with E-state index in [2.05, 4.69) is 15.1 Å². The molecule has 1 aromatic heterocycles. The summed E-state index contributed by atoms with van der Waals surface area (Å²) in [6.45, 7) is 3.41. The fourth-order valence-corrected chi connectivity index (χ4v) is 3.36. The maximum Gasteiger partial charge on any atom is 0.123 e. The van der Waals surface area contributed by atoms with Crippen LogP contribution < -0.4 is 4.74 Å². The van der Waals surface area contributed by atoms with Crippen LogP contribution in [0.2, 0.25) is 0 Å². The number of nitrogens with zero attached hydrogens (tertiary/aromatic N) is 2. The van der Waals surface area contributed by atoms with Crippen molar-refractivity contribution in [1.29, 1.82) is 0 Å². The highest BCUT2D eigenvalue weighted by Gasteiger charge is 2.24. The zero-order chi connectivity index (χ0) is 20.1. The first-order valence-electron chi connectivity index (χ1n) is 9.67. The number of aromatic nitrogens is 2. The first kappa shape index (κ1) is 19.5. The minimum Gasteiger partial charge on any atom is -0.493 e. The fraction of sp³-hybridized carbons (Fsp3) is 0.318. The Hall–Kier alpha value is -2.77. The lowest BCUT2D eigenvalue weighted by molar-refractivity contribution is -0.0350. The quantitative estimate of drug-likeness (QED) is 0.655. The average Bonchev–Trinajstić information content (AvgIpc) is 3.21. The first-order valence-corrected chi connectivity index (χ1v) is 9.67. The molecule has 1 fully saturated rings. The maximum absolute atomic E-state index is 13.1. The molecule has 1 aliphatic rings. The van der Waals surface area contributed by atoms with Gasteiger partial charge in [0.1, 0.15) is 23.5 Å². The lowest BCUT2D eigenvalue weighted by Crippen LogP contribution is -2.37. The van der Waals surface area contributed by atoms with Gasteiger partial charge in [0, 0.05) is 31.7 Å². The molecule has 0 saturated carbocycles. The molecule has 3 aromatic rings. The Bertz CT molecular complexity index is 913. The van der Waals surface area contributed by atoms with Crippen molar-refractivity contribution in [2.45, 2.75) is 19.1 Å². The van der Waals surface area contributed by atoms with Crippen molar-refractivity contribution in [2.75, 3.05) is 26.3 Å². The van der Waals surface area contributed by atoms with Crippen LogP contribution in [0.25, 0.3) is 0 Å². The Morgan fingerprint density at radius 1 is 1.07 bits per heavy atom. The molecule has 0 aliphatic carbocycles. The monoisotopic (exact) mass is 399 g/mol. The van der Waals surface area contributed by atoms with Gasteiger partial charge in [-0.3, -0.25) is 10.00 Å². The second-order valence-electron chi connectivity index (χ2n) is 7.09. The van der Waals surface area contributed by atoms with Crippen LogP contribution in [0, 0.1) is 11.6 Å². The first-order chi connectivity index (χ1) is 14.2. The summed E-state index contributed by atoms with van der Waals surface area (Å²) >= 11 is 0. The standard InChI is InChI=1S/C22H23F2N3O2/c23-17-3-1-16(2-4-17)14-27-10-12-29-22(15-27)21-13-19(25-26-21)9-11-28-20-7-5-18(24)6-8-20/h1-8,13,22H,9-12,14-15H2,(H,25,26)/t22-/m1/s1. The summed E-state index contributed by atoms with van der Waals surface area (Å²) in [5, 5.41) is 7.44. The second-order valence-corrected chi connectivity index (χ2v) is 7.09. The Morgan fingerprint density at radius 3 is 2.55 bits per heavy atom. The van der Waals surface area contributed by atoms with Crippen LogP contribution in [-0.4, -0.2) is 41.4 Å². The van der Waals surface area contributed by atoms with E-state index in [4.69, 9.17) is 9.47 Å². The molecule has 1 aliphatic heterocycles. The zero-order valence-electron chi connectivity index (χ0n) is 16.0. The van der Waals surface area contributed by atoms with Gasteiger partial charge < -0.3 is 9.47 Å². The topological polar surface area (TPSA) is 50.4 Å². The minimum absolute atomic E-state index is 0.104. The molecule has 1 N–H and O–H groups in total. The van der Waals surface area contributed by atoms with Gasteiger partial charge in [-0.2, -0.15) is 5.10 Å². The van der Waals surface area contributed by atoms with Crippen LogP contribution in [0.3, 0.4) is 0 Å². The molecule has 0 radical (unpaired) electrons. The SMILES string of the molecule is Fc1ccc(CN2CCO[C@@H](c3cc(CCOc4ccc(F)cc4)[nH]n3)C2)cc1. The molecular formula is C22H23F2N3O2. The zero-order valence-corrected chi connectivity index (χ0v) is 16.0. The van der Waals surface area contributed by atoms with Gasteiger partial charge in [-0.15, -0.1) is 0 Å². The predicted molar refractivity (Wildman–Crippen MR) is 105 cm³/mol. The van der Waals surface area contributed by atoms with E-state index in [1.165, 1.54) is 24.3 Å². The highest BCUT2D eigenvalue weighted by Crippen LogP contribution is 2.23. The van der Waals surface area contributed by atoms with Crippen LogP contribution in [0.1, 0.15) is 23.1 Å². The van der Waals surface area contributed by atoms with Gasteiger partial charge >= 0.3 is 0 Å². The van der Waals surface area contributed by atoms with Crippen molar-refractivity contribution in [3.8, 4) is 5.75 Å². The highest BCUT2D eigenvalue weighted by atomic mass is 19.1. The van der Waals surface area contributed by atoms with E-state index in [-0.39, 0.29) is 17.7 Å². The van der Waals surface area contributed by atoms with Crippen molar-refractivity contribution in [2.24, 2.45) is 0 Å². The molecule has 0 spiro atoms. The van der Waals surface area contributed by atoms with Gasteiger partial charge in [0.05, 0.1) is 18.9 Å². The number of halogens is 2. The summed E-state index contributed by atoms with van der Waals surface area (Å²) in [6.07, 6.45) is 0.559. The van der Waals surface area contributed by atoms with Crippen LogP contribution in [0.15, 0.2) is 54.6 Å². The smallest absolute Gasteiger partial charge is 0.123 e. The number of ether oxygens (including phenoxy) is 2. The predicted octanol–water partition coefficient (Wildman–Crippen LogP) is 3.88. The second kappa shape index (κ2) is 9.15. The number of morpholine rings is 1. The summed E-state index contributed by atoms with van der Waals surface area (Å²) in [5.74, 6) is 0.135. The van der Waals surface area contributed by atoms with Gasteiger partial charge in [-0.05, 0) is 48.0 Å². The van der Waals surface area contributed by atoms with E-state index in [1.54, 1.807) is 12.1 Å².